The number of aliphatic carboxylic acids is 1. The third-order valence-electron chi connectivity index (χ3n) is 5.49. The summed E-state index contributed by atoms with van der Waals surface area (Å²) in [6.07, 6.45) is 3.56. The number of carbonyl (C=O) groups excluding carboxylic acids is 3. The summed E-state index contributed by atoms with van der Waals surface area (Å²) in [6.45, 7) is 0.165. The Hall–Kier alpha value is -2.17. The first-order chi connectivity index (χ1) is 17.9. The Kier molecular flexibility index (Phi) is 18.7. The quantitative estimate of drug-likeness (QED) is 0.0471. The SMILES string of the molecule is NCCCC[C@H](NC(=O)[C@H](CCCCN)NC(=O)[C@H](COP(=O)(O)O)NC(=O)[C@@H](N)CCCCN)C(=O)O. The number of unbranched alkanes of at least 4 members (excludes halogenated alkanes) is 3. The maximum atomic E-state index is 13.0. The number of carbonyl (C=O) groups is 4. The zero-order valence-electron chi connectivity index (χ0n) is 21.5. The van der Waals surface area contributed by atoms with Crippen molar-refractivity contribution < 1.29 is 43.2 Å². The fourth-order valence-corrected chi connectivity index (χ4v) is 3.67. The van der Waals surface area contributed by atoms with E-state index in [-0.39, 0.29) is 19.3 Å². The smallest absolute Gasteiger partial charge is 0.469 e. The van der Waals surface area contributed by atoms with Crippen molar-refractivity contribution in [3.05, 3.63) is 0 Å². The molecule has 17 heteroatoms. The number of amides is 3. The third-order valence-corrected chi connectivity index (χ3v) is 5.98. The highest BCUT2D eigenvalue weighted by atomic mass is 31.2. The molecule has 38 heavy (non-hydrogen) atoms. The van der Waals surface area contributed by atoms with Crippen molar-refractivity contribution >= 4 is 31.5 Å². The van der Waals surface area contributed by atoms with E-state index >= 15 is 0 Å². The zero-order chi connectivity index (χ0) is 29.1. The highest BCUT2D eigenvalue weighted by Gasteiger charge is 2.31. The molecule has 0 heterocycles. The van der Waals surface area contributed by atoms with Gasteiger partial charge in [-0.05, 0) is 71.0 Å². The molecule has 0 unspecified atom stereocenters. The van der Waals surface area contributed by atoms with Crippen LogP contribution < -0.4 is 38.9 Å². The van der Waals surface area contributed by atoms with Crippen molar-refractivity contribution in [3.63, 3.8) is 0 Å². The van der Waals surface area contributed by atoms with Crippen molar-refractivity contribution in [3.8, 4) is 0 Å². The van der Waals surface area contributed by atoms with Gasteiger partial charge in [0.1, 0.15) is 18.1 Å². The van der Waals surface area contributed by atoms with Crippen molar-refractivity contribution in [2.45, 2.75) is 82.0 Å². The van der Waals surface area contributed by atoms with Gasteiger partial charge in [0.15, 0.2) is 0 Å². The molecule has 0 aromatic carbocycles. The van der Waals surface area contributed by atoms with Crippen LogP contribution in [0.3, 0.4) is 0 Å². The first-order valence-corrected chi connectivity index (χ1v) is 14.1. The van der Waals surface area contributed by atoms with E-state index in [0.29, 0.717) is 58.2 Å². The number of nitrogens with one attached hydrogen (secondary N) is 3. The summed E-state index contributed by atoms with van der Waals surface area (Å²) >= 11 is 0. The summed E-state index contributed by atoms with van der Waals surface area (Å²) in [6, 6.07) is -5.08. The van der Waals surface area contributed by atoms with Crippen LogP contribution in [0.1, 0.15) is 57.8 Å². The fraction of sp³-hybridized carbons (Fsp3) is 0.810. The van der Waals surface area contributed by atoms with Gasteiger partial charge in [0.2, 0.25) is 17.7 Å². The minimum Gasteiger partial charge on any atom is -0.480 e. The van der Waals surface area contributed by atoms with Crippen LogP contribution in [0.5, 0.6) is 0 Å². The second kappa shape index (κ2) is 19.8. The Bertz CT molecular complexity index is 784. The van der Waals surface area contributed by atoms with Crippen LogP contribution >= 0.6 is 7.82 Å². The Balaban J connectivity index is 5.59. The molecule has 16 nitrogen and oxygen atoms in total. The van der Waals surface area contributed by atoms with E-state index in [2.05, 4.69) is 20.5 Å². The van der Waals surface area contributed by atoms with Gasteiger partial charge >= 0.3 is 13.8 Å². The minimum atomic E-state index is -5.01. The van der Waals surface area contributed by atoms with Gasteiger partial charge in [0.05, 0.1) is 12.6 Å². The second-order valence-electron chi connectivity index (χ2n) is 8.77. The van der Waals surface area contributed by atoms with Crippen molar-refractivity contribution in [2.75, 3.05) is 26.2 Å². The second-order valence-corrected chi connectivity index (χ2v) is 10.0. The molecule has 0 spiro atoms. The molecular formula is C21H44N7O9P. The zero-order valence-corrected chi connectivity index (χ0v) is 22.4. The Morgan fingerprint density at radius 1 is 0.684 bits per heavy atom. The van der Waals surface area contributed by atoms with E-state index in [0.717, 1.165) is 0 Å². The minimum absolute atomic E-state index is 0.0858. The molecule has 4 atom stereocenters. The van der Waals surface area contributed by atoms with Crippen molar-refractivity contribution in [2.24, 2.45) is 22.9 Å². The Morgan fingerprint density at radius 3 is 1.58 bits per heavy atom. The lowest BCUT2D eigenvalue weighted by Gasteiger charge is -2.25. The molecular weight excluding hydrogens is 525 g/mol. The van der Waals surface area contributed by atoms with Crippen molar-refractivity contribution in [1.29, 1.82) is 0 Å². The molecule has 14 N–H and O–H groups in total. The molecule has 0 aliphatic rings. The molecule has 0 aliphatic carbocycles. The summed E-state index contributed by atoms with van der Waals surface area (Å²) in [5.41, 5.74) is 22.2. The summed E-state index contributed by atoms with van der Waals surface area (Å²) < 4.78 is 15.6. The first kappa shape index (κ1) is 35.8. The molecule has 0 radical (unpaired) electrons. The molecule has 0 saturated carbocycles. The molecule has 3 amide bonds. The molecule has 0 aromatic rings. The molecule has 0 aromatic heterocycles. The Labute approximate surface area is 222 Å². The normalized spacial score (nSPS) is 14.7. The van der Waals surface area contributed by atoms with Crippen LogP contribution in [0, 0.1) is 0 Å². The topological polar surface area (TPSA) is 295 Å². The number of carboxylic acids is 1. The number of phosphoric ester groups is 1. The fourth-order valence-electron chi connectivity index (χ4n) is 3.33. The maximum absolute atomic E-state index is 13.0. The molecule has 222 valence electrons. The summed E-state index contributed by atoms with van der Waals surface area (Å²) in [7, 11) is -5.01. The molecule has 0 saturated heterocycles. The Morgan fingerprint density at radius 2 is 1.11 bits per heavy atom. The average molecular weight is 570 g/mol. The van der Waals surface area contributed by atoms with Gasteiger partial charge in [-0.25, -0.2) is 9.36 Å². The van der Waals surface area contributed by atoms with Crippen LogP contribution in [0.4, 0.5) is 0 Å². The van der Waals surface area contributed by atoms with Gasteiger partial charge in [0.25, 0.3) is 0 Å². The lowest BCUT2D eigenvalue weighted by molar-refractivity contribution is -0.142. The van der Waals surface area contributed by atoms with Crippen LogP contribution in [0.2, 0.25) is 0 Å². The van der Waals surface area contributed by atoms with E-state index in [4.69, 9.17) is 32.7 Å². The number of phosphoric acid groups is 1. The monoisotopic (exact) mass is 569 g/mol. The van der Waals surface area contributed by atoms with Crippen molar-refractivity contribution in [1.82, 2.24) is 16.0 Å². The van der Waals surface area contributed by atoms with Gasteiger partial charge in [-0.3, -0.25) is 18.9 Å². The van der Waals surface area contributed by atoms with Gasteiger partial charge in [-0.1, -0.05) is 6.42 Å². The van der Waals surface area contributed by atoms with E-state index in [1.165, 1.54) is 0 Å². The van der Waals surface area contributed by atoms with Gasteiger partial charge in [0, 0.05) is 0 Å². The predicted molar refractivity (Wildman–Crippen MR) is 138 cm³/mol. The maximum Gasteiger partial charge on any atom is 0.469 e. The lowest BCUT2D eigenvalue weighted by Crippen LogP contribution is -2.58. The molecule has 0 fully saturated rings. The van der Waals surface area contributed by atoms with E-state index < -0.39 is 62.3 Å². The molecule has 0 rings (SSSR count). The third kappa shape index (κ3) is 16.6. The number of nitrogens with two attached hydrogens (primary N) is 4. The lowest BCUT2D eigenvalue weighted by atomic mass is 10.1. The standard InChI is InChI=1S/C21H44N7O9P/c22-10-4-1-7-14(25)18(29)28-17(13-37-38(34,35)36)20(31)26-15(8-2-5-11-23)19(30)27-16(21(32)33)9-3-6-12-24/h14-17H,1-13,22-25H2,(H,26,31)(H,27,30)(H,28,29)(H,32,33)(H2,34,35,36)/t14-,15-,16-,17-/m0/s1. The van der Waals surface area contributed by atoms with E-state index in [9.17, 15) is 28.8 Å². The summed E-state index contributed by atoms with van der Waals surface area (Å²) in [4.78, 5) is 68.1. The highest BCUT2D eigenvalue weighted by Crippen LogP contribution is 2.35. The average Bonchev–Trinajstić information content (AvgIpc) is 2.84. The van der Waals surface area contributed by atoms with Crippen LogP contribution in [0.15, 0.2) is 0 Å². The van der Waals surface area contributed by atoms with Gasteiger partial charge in [-0.2, -0.15) is 0 Å². The first-order valence-electron chi connectivity index (χ1n) is 12.6. The number of carboxylic acid groups (broad SMARTS) is 1. The predicted octanol–water partition coefficient (Wildman–Crippen LogP) is -2.65. The van der Waals surface area contributed by atoms with Crippen LogP contribution in [-0.2, 0) is 28.3 Å². The number of hydrogen-bond donors (Lipinski definition) is 10. The highest BCUT2D eigenvalue weighted by molar-refractivity contribution is 7.46. The van der Waals surface area contributed by atoms with Crippen LogP contribution in [0.25, 0.3) is 0 Å². The van der Waals surface area contributed by atoms with Crippen LogP contribution in [-0.4, -0.2) is 89.0 Å². The van der Waals surface area contributed by atoms with E-state index in [1.807, 2.05) is 0 Å². The summed E-state index contributed by atoms with van der Waals surface area (Å²) in [5, 5.41) is 16.5. The summed E-state index contributed by atoms with van der Waals surface area (Å²) in [5.74, 6) is -3.79. The largest absolute Gasteiger partial charge is 0.480 e. The number of hydrogen-bond acceptors (Lipinski definition) is 10. The molecule has 0 aliphatic heterocycles. The van der Waals surface area contributed by atoms with Gasteiger partial charge in [-0.15, -0.1) is 0 Å². The molecule has 0 bridgehead atoms. The number of rotatable bonds is 22. The van der Waals surface area contributed by atoms with Gasteiger partial charge < -0.3 is 53.8 Å². The van der Waals surface area contributed by atoms with E-state index in [1.54, 1.807) is 0 Å².